The van der Waals surface area contributed by atoms with E-state index in [1.165, 1.54) is 19.3 Å². The summed E-state index contributed by atoms with van der Waals surface area (Å²) in [5.41, 5.74) is 0.573. The lowest BCUT2D eigenvalue weighted by molar-refractivity contribution is 0.206. The zero-order chi connectivity index (χ0) is 10.2. The molecule has 2 saturated carbocycles. The highest BCUT2D eigenvalue weighted by atomic mass is 31.2. The Morgan fingerprint density at radius 2 is 1.86 bits per heavy atom. The lowest BCUT2D eigenvalue weighted by atomic mass is 9.82. The molecule has 4 heteroatoms. The van der Waals surface area contributed by atoms with Gasteiger partial charge in [-0.05, 0) is 38.5 Å². The maximum absolute atomic E-state index is 12.3. The first kappa shape index (κ1) is 10.7. The summed E-state index contributed by atoms with van der Waals surface area (Å²) in [5, 5.41) is 0. The van der Waals surface area contributed by atoms with E-state index < -0.39 is 7.60 Å². The Hall–Kier alpha value is 0.150. The van der Waals surface area contributed by atoms with Gasteiger partial charge in [-0.15, -0.1) is 0 Å². The molecule has 1 spiro atoms. The lowest BCUT2D eigenvalue weighted by Crippen LogP contribution is -2.18. The van der Waals surface area contributed by atoms with Crippen molar-refractivity contribution in [2.45, 2.75) is 45.2 Å². The summed E-state index contributed by atoms with van der Waals surface area (Å²) in [5.74, 6) is 0. The van der Waals surface area contributed by atoms with Gasteiger partial charge in [0.2, 0.25) is 0 Å². The molecule has 0 aromatic heterocycles. The van der Waals surface area contributed by atoms with Gasteiger partial charge in [-0.2, -0.15) is 0 Å². The van der Waals surface area contributed by atoms with Crippen molar-refractivity contribution in [3.63, 3.8) is 0 Å². The van der Waals surface area contributed by atoms with E-state index in [-0.39, 0.29) is 5.66 Å². The molecule has 1 atom stereocenters. The normalized spacial score (nSPS) is 28.9. The lowest BCUT2D eigenvalue weighted by Gasteiger charge is -2.29. The summed E-state index contributed by atoms with van der Waals surface area (Å²) >= 11 is 0. The van der Waals surface area contributed by atoms with Crippen molar-refractivity contribution in [3.05, 3.63) is 0 Å². The number of hydrogen-bond acceptors (Lipinski definition) is 3. The Bertz CT molecular complexity index is 250. The quantitative estimate of drug-likeness (QED) is 0.665. The van der Waals surface area contributed by atoms with Crippen LogP contribution >= 0.6 is 7.60 Å². The molecular formula is C10H19O3P. The van der Waals surface area contributed by atoms with Gasteiger partial charge in [-0.25, -0.2) is 0 Å². The van der Waals surface area contributed by atoms with E-state index in [4.69, 9.17) is 9.05 Å². The van der Waals surface area contributed by atoms with Gasteiger partial charge < -0.3 is 9.05 Å². The highest BCUT2D eigenvalue weighted by molar-refractivity contribution is 7.55. The molecule has 0 heterocycles. The van der Waals surface area contributed by atoms with E-state index in [0.717, 1.165) is 6.42 Å². The maximum atomic E-state index is 12.3. The molecule has 0 saturated heterocycles. The fraction of sp³-hybridized carbons (Fsp3) is 1.00. The van der Waals surface area contributed by atoms with E-state index in [0.29, 0.717) is 18.6 Å². The van der Waals surface area contributed by atoms with Crippen LogP contribution < -0.4 is 0 Å². The summed E-state index contributed by atoms with van der Waals surface area (Å²) in [4.78, 5) is 0. The second kappa shape index (κ2) is 3.62. The van der Waals surface area contributed by atoms with Gasteiger partial charge in [0.15, 0.2) is 0 Å². The molecule has 2 fully saturated rings. The molecule has 0 N–H and O–H groups in total. The van der Waals surface area contributed by atoms with Crippen LogP contribution in [0.5, 0.6) is 0 Å². The van der Waals surface area contributed by atoms with E-state index in [1.807, 2.05) is 13.8 Å². The number of rotatable bonds is 5. The highest BCUT2D eigenvalue weighted by Gasteiger charge is 2.66. The van der Waals surface area contributed by atoms with Gasteiger partial charge in [-0.3, -0.25) is 4.57 Å². The molecule has 2 aliphatic carbocycles. The van der Waals surface area contributed by atoms with E-state index in [2.05, 4.69) is 0 Å². The Morgan fingerprint density at radius 1 is 1.29 bits per heavy atom. The maximum Gasteiger partial charge on any atom is 0.334 e. The molecule has 0 bridgehead atoms. The van der Waals surface area contributed by atoms with Gasteiger partial charge in [0.25, 0.3) is 0 Å². The first-order chi connectivity index (χ1) is 6.67. The Kier molecular flexibility index (Phi) is 2.76. The van der Waals surface area contributed by atoms with Crippen LogP contribution in [0, 0.1) is 5.41 Å². The minimum absolute atomic E-state index is 0.212. The van der Waals surface area contributed by atoms with Crippen molar-refractivity contribution in [1.82, 2.24) is 0 Å². The van der Waals surface area contributed by atoms with Gasteiger partial charge in [0, 0.05) is 0 Å². The zero-order valence-electron chi connectivity index (χ0n) is 8.99. The van der Waals surface area contributed by atoms with Crippen LogP contribution in [-0.4, -0.2) is 18.9 Å². The molecule has 0 radical (unpaired) electrons. The fourth-order valence-electron chi connectivity index (χ4n) is 2.52. The third kappa shape index (κ3) is 1.56. The topological polar surface area (TPSA) is 35.5 Å². The molecule has 0 amide bonds. The third-order valence-electron chi connectivity index (χ3n) is 3.50. The predicted octanol–water partition coefficient (Wildman–Crippen LogP) is 3.20. The van der Waals surface area contributed by atoms with Crippen LogP contribution in [0.25, 0.3) is 0 Å². The Balaban J connectivity index is 2.01. The molecule has 0 aliphatic heterocycles. The second-order valence-electron chi connectivity index (χ2n) is 4.31. The molecule has 3 nitrogen and oxygen atoms in total. The SMILES string of the molecule is CCOP(=O)(OCC)C1CC12CCC2. The van der Waals surface area contributed by atoms with E-state index in [9.17, 15) is 4.57 Å². The van der Waals surface area contributed by atoms with Crippen molar-refractivity contribution in [2.75, 3.05) is 13.2 Å². The van der Waals surface area contributed by atoms with Crippen molar-refractivity contribution < 1.29 is 13.6 Å². The Labute approximate surface area is 85.7 Å². The highest BCUT2D eigenvalue weighted by Crippen LogP contribution is 2.76. The van der Waals surface area contributed by atoms with Crippen LogP contribution in [0.2, 0.25) is 0 Å². The van der Waals surface area contributed by atoms with Crippen LogP contribution in [0.15, 0.2) is 0 Å². The third-order valence-corrected chi connectivity index (χ3v) is 6.23. The van der Waals surface area contributed by atoms with Crippen molar-refractivity contribution in [1.29, 1.82) is 0 Å². The van der Waals surface area contributed by atoms with Gasteiger partial charge in [-0.1, -0.05) is 6.42 Å². The summed E-state index contributed by atoms with van der Waals surface area (Å²) in [6.45, 7) is 4.73. The van der Waals surface area contributed by atoms with Crippen molar-refractivity contribution in [2.24, 2.45) is 5.41 Å². The van der Waals surface area contributed by atoms with Crippen molar-refractivity contribution in [3.8, 4) is 0 Å². The first-order valence-corrected chi connectivity index (χ1v) is 7.17. The molecule has 82 valence electrons. The molecule has 2 rings (SSSR count). The summed E-state index contributed by atoms with van der Waals surface area (Å²) in [6.07, 6.45) is 4.79. The molecule has 0 aromatic rings. The molecular weight excluding hydrogens is 199 g/mol. The van der Waals surface area contributed by atoms with Crippen LogP contribution in [-0.2, 0) is 13.6 Å². The van der Waals surface area contributed by atoms with Crippen LogP contribution in [0.1, 0.15) is 39.5 Å². The van der Waals surface area contributed by atoms with Gasteiger partial charge >= 0.3 is 7.60 Å². The van der Waals surface area contributed by atoms with E-state index in [1.54, 1.807) is 0 Å². The summed E-state index contributed by atoms with van der Waals surface area (Å²) < 4.78 is 23.1. The standard InChI is InChI=1S/C10H19O3P/c1-3-12-14(11,13-4-2)9-8-10(9)6-5-7-10/h9H,3-8H2,1-2H3. The fourth-order valence-corrected chi connectivity index (χ4v) is 5.19. The molecule has 2 aliphatic rings. The van der Waals surface area contributed by atoms with Crippen LogP contribution in [0.4, 0.5) is 0 Å². The van der Waals surface area contributed by atoms with E-state index >= 15 is 0 Å². The minimum Gasteiger partial charge on any atom is -0.309 e. The zero-order valence-corrected chi connectivity index (χ0v) is 9.89. The monoisotopic (exact) mass is 218 g/mol. The van der Waals surface area contributed by atoms with Gasteiger partial charge in [0.1, 0.15) is 0 Å². The molecule has 1 unspecified atom stereocenters. The largest absolute Gasteiger partial charge is 0.334 e. The summed E-state index contributed by atoms with van der Waals surface area (Å²) in [7, 11) is -2.77. The predicted molar refractivity (Wildman–Crippen MR) is 55.5 cm³/mol. The smallest absolute Gasteiger partial charge is 0.309 e. The minimum atomic E-state index is -2.77. The molecule has 0 aromatic carbocycles. The average molecular weight is 218 g/mol. The van der Waals surface area contributed by atoms with Gasteiger partial charge in [0.05, 0.1) is 18.9 Å². The average Bonchev–Trinajstić information content (AvgIpc) is 2.78. The second-order valence-corrected chi connectivity index (χ2v) is 6.53. The summed E-state index contributed by atoms with van der Waals surface area (Å²) in [6, 6.07) is 0. The first-order valence-electron chi connectivity index (χ1n) is 5.56. The van der Waals surface area contributed by atoms with Crippen molar-refractivity contribution >= 4 is 7.60 Å². The Morgan fingerprint density at radius 3 is 2.14 bits per heavy atom. The number of hydrogen-bond donors (Lipinski definition) is 0. The van der Waals surface area contributed by atoms with Crippen LogP contribution in [0.3, 0.4) is 0 Å². The molecule has 14 heavy (non-hydrogen) atoms.